The zero-order valence-corrected chi connectivity index (χ0v) is 10.7. The molecule has 0 atom stereocenters. The number of benzene rings is 1. The molecule has 1 aromatic carbocycles. The van der Waals surface area contributed by atoms with Crippen LogP contribution in [0, 0.1) is 5.92 Å². The SMILES string of the molecule is CCNCCc1ccccc1COCC1CC1. The lowest BCUT2D eigenvalue weighted by molar-refractivity contribution is 0.111. The van der Waals surface area contributed by atoms with Crippen LogP contribution in [0.2, 0.25) is 0 Å². The second-order valence-corrected chi connectivity index (χ2v) is 4.83. The zero-order chi connectivity index (χ0) is 11.9. The smallest absolute Gasteiger partial charge is 0.0719 e. The van der Waals surface area contributed by atoms with Gasteiger partial charge in [-0.1, -0.05) is 31.2 Å². The number of likely N-dealkylation sites (N-methyl/N-ethyl adjacent to an activating group) is 1. The van der Waals surface area contributed by atoms with Gasteiger partial charge in [0.05, 0.1) is 6.61 Å². The van der Waals surface area contributed by atoms with Gasteiger partial charge in [-0.05, 0) is 49.4 Å². The van der Waals surface area contributed by atoms with Crippen LogP contribution in [0.25, 0.3) is 0 Å². The third-order valence-electron chi connectivity index (χ3n) is 3.25. The normalized spacial score (nSPS) is 15.1. The van der Waals surface area contributed by atoms with E-state index in [0.29, 0.717) is 0 Å². The van der Waals surface area contributed by atoms with E-state index in [1.807, 2.05) is 0 Å². The van der Waals surface area contributed by atoms with Crippen LogP contribution in [0.4, 0.5) is 0 Å². The third-order valence-corrected chi connectivity index (χ3v) is 3.25. The summed E-state index contributed by atoms with van der Waals surface area (Å²) in [6, 6.07) is 8.62. The Morgan fingerprint density at radius 1 is 1.24 bits per heavy atom. The van der Waals surface area contributed by atoms with Crippen LogP contribution in [0.5, 0.6) is 0 Å². The summed E-state index contributed by atoms with van der Waals surface area (Å²) in [7, 11) is 0. The first-order chi connectivity index (χ1) is 8.40. The van der Waals surface area contributed by atoms with Crippen molar-refractivity contribution in [3.63, 3.8) is 0 Å². The molecule has 0 saturated heterocycles. The Labute approximate surface area is 104 Å². The molecule has 17 heavy (non-hydrogen) atoms. The van der Waals surface area contributed by atoms with E-state index in [0.717, 1.165) is 38.6 Å². The fourth-order valence-electron chi connectivity index (χ4n) is 1.96. The van der Waals surface area contributed by atoms with Crippen molar-refractivity contribution in [1.29, 1.82) is 0 Å². The zero-order valence-electron chi connectivity index (χ0n) is 10.7. The molecule has 2 rings (SSSR count). The van der Waals surface area contributed by atoms with Crippen LogP contribution < -0.4 is 5.32 Å². The van der Waals surface area contributed by atoms with E-state index in [4.69, 9.17) is 4.74 Å². The molecule has 1 aromatic rings. The summed E-state index contributed by atoms with van der Waals surface area (Å²) >= 11 is 0. The fourth-order valence-corrected chi connectivity index (χ4v) is 1.96. The number of nitrogens with one attached hydrogen (secondary N) is 1. The van der Waals surface area contributed by atoms with Gasteiger partial charge in [-0.2, -0.15) is 0 Å². The predicted octanol–water partition coefficient (Wildman–Crippen LogP) is 2.77. The van der Waals surface area contributed by atoms with Gasteiger partial charge in [-0.25, -0.2) is 0 Å². The Kier molecular flexibility index (Phi) is 5.02. The second kappa shape index (κ2) is 6.77. The molecular weight excluding hydrogens is 210 g/mol. The maximum Gasteiger partial charge on any atom is 0.0719 e. The fraction of sp³-hybridized carbons (Fsp3) is 0.600. The summed E-state index contributed by atoms with van der Waals surface area (Å²) in [4.78, 5) is 0. The first-order valence-corrected chi connectivity index (χ1v) is 6.75. The standard InChI is InChI=1S/C15H23NO/c1-2-16-10-9-14-5-3-4-6-15(14)12-17-11-13-7-8-13/h3-6,13,16H,2,7-12H2,1H3. The molecule has 2 heteroatoms. The molecule has 0 unspecified atom stereocenters. The van der Waals surface area contributed by atoms with Crippen LogP contribution in [0.1, 0.15) is 30.9 Å². The average molecular weight is 233 g/mol. The van der Waals surface area contributed by atoms with Gasteiger partial charge in [-0.15, -0.1) is 0 Å². The Morgan fingerprint density at radius 3 is 2.71 bits per heavy atom. The van der Waals surface area contributed by atoms with E-state index in [2.05, 4.69) is 36.5 Å². The predicted molar refractivity (Wildman–Crippen MR) is 71.1 cm³/mol. The van der Waals surface area contributed by atoms with Crippen LogP contribution in [0.3, 0.4) is 0 Å². The van der Waals surface area contributed by atoms with Crippen LogP contribution in [-0.4, -0.2) is 19.7 Å². The van der Waals surface area contributed by atoms with Crippen molar-refractivity contribution in [3.8, 4) is 0 Å². The number of hydrogen-bond donors (Lipinski definition) is 1. The molecule has 0 bridgehead atoms. The van der Waals surface area contributed by atoms with Crippen molar-refractivity contribution in [1.82, 2.24) is 5.32 Å². The van der Waals surface area contributed by atoms with Crippen molar-refractivity contribution in [2.24, 2.45) is 5.92 Å². The molecule has 0 radical (unpaired) electrons. The monoisotopic (exact) mass is 233 g/mol. The van der Waals surface area contributed by atoms with Crippen molar-refractivity contribution in [2.45, 2.75) is 32.8 Å². The molecule has 1 saturated carbocycles. The van der Waals surface area contributed by atoms with Gasteiger partial charge in [-0.3, -0.25) is 0 Å². The van der Waals surface area contributed by atoms with Gasteiger partial charge in [0, 0.05) is 6.61 Å². The minimum absolute atomic E-state index is 0.777. The van der Waals surface area contributed by atoms with Crippen LogP contribution in [-0.2, 0) is 17.8 Å². The molecule has 1 aliphatic rings. The summed E-state index contributed by atoms with van der Waals surface area (Å²) in [6.07, 6.45) is 3.82. The molecule has 0 heterocycles. The summed E-state index contributed by atoms with van der Waals surface area (Å²) in [6.45, 7) is 5.96. The minimum Gasteiger partial charge on any atom is -0.376 e. The van der Waals surface area contributed by atoms with Crippen molar-refractivity contribution in [2.75, 3.05) is 19.7 Å². The summed E-state index contributed by atoms with van der Waals surface area (Å²) in [5, 5.41) is 3.37. The summed E-state index contributed by atoms with van der Waals surface area (Å²) in [5.41, 5.74) is 2.77. The summed E-state index contributed by atoms with van der Waals surface area (Å²) in [5.74, 6) is 0.851. The maximum atomic E-state index is 5.77. The number of ether oxygens (including phenoxy) is 1. The largest absolute Gasteiger partial charge is 0.376 e. The van der Waals surface area contributed by atoms with Crippen LogP contribution >= 0.6 is 0 Å². The summed E-state index contributed by atoms with van der Waals surface area (Å²) < 4.78 is 5.77. The molecule has 1 fully saturated rings. The minimum atomic E-state index is 0.777. The first-order valence-electron chi connectivity index (χ1n) is 6.75. The van der Waals surface area contributed by atoms with Gasteiger partial charge < -0.3 is 10.1 Å². The molecule has 0 amide bonds. The van der Waals surface area contributed by atoms with Crippen molar-refractivity contribution >= 4 is 0 Å². The van der Waals surface area contributed by atoms with Crippen molar-refractivity contribution < 1.29 is 4.74 Å². The Morgan fingerprint density at radius 2 is 2.00 bits per heavy atom. The number of rotatable bonds is 8. The van der Waals surface area contributed by atoms with Crippen LogP contribution in [0.15, 0.2) is 24.3 Å². The topological polar surface area (TPSA) is 21.3 Å². The van der Waals surface area contributed by atoms with Gasteiger partial charge in [0.15, 0.2) is 0 Å². The highest BCUT2D eigenvalue weighted by molar-refractivity contribution is 5.26. The average Bonchev–Trinajstić information content (AvgIpc) is 3.15. The number of hydrogen-bond acceptors (Lipinski definition) is 2. The highest BCUT2D eigenvalue weighted by Gasteiger charge is 2.21. The molecule has 2 nitrogen and oxygen atoms in total. The maximum absolute atomic E-state index is 5.77. The van der Waals surface area contributed by atoms with E-state index in [9.17, 15) is 0 Å². The first kappa shape index (κ1) is 12.6. The van der Waals surface area contributed by atoms with Gasteiger partial charge in [0.2, 0.25) is 0 Å². The Hall–Kier alpha value is -0.860. The second-order valence-electron chi connectivity index (χ2n) is 4.83. The lowest BCUT2D eigenvalue weighted by atomic mass is 10.1. The third kappa shape index (κ3) is 4.49. The van der Waals surface area contributed by atoms with E-state index in [1.165, 1.54) is 24.0 Å². The lowest BCUT2D eigenvalue weighted by Gasteiger charge is -2.10. The van der Waals surface area contributed by atoms with E-state index >= 15 is 0 Å². The molecule has 0 aromatic heterocycles. The van der Waals surface area contributed by atoms with E-state index < -0.39 is 0 Å². The highest BCUT2D eigenvalue weighted by atomic mass is 16.5. The van der Waals surface area contributed by atoms with E-state index in [1.54, 1.807) is 0 Å². The Balaban J connectivity index is 1.80. The van der Waals surface area contributed by atoms with Crippen molar-refractivity contribution in [3.05, 3.63) is 35.4 Å². The molecule has 94 valence electrons. The van der Waals surface area contributed by atoms with Gasteiger partial charge >= 0.3 is 0 Å². The highest BCUT2D eigenvalue weighted by Crippen LogP contribution is 2.29. The van der Waals surface area contributed by atoms with Gasteiger partial charge in [0.25, 0.3) is 0 Å². The Bertz CT molecular complexity index is 333. The lowest BCUT2D eigenvalue weighted by Crippen LogP contribution is -2.16. The molecule has 1 aliphatic carbocycles. The van der Waals surface area contributed by atoms with Gasteiger partial charge in [0.1, 0.15) is 0 Å². The van der Waals surface area contributed by atoms with E-state index in [-0.39, 0.29) is 0 Å². The molecule has 1 N–H and O–H groups in total. The quantitative estimate of drug-likeness (QED) is 0.697. The molecule has 0 spiro atoms. The molecular formula is C15H23NO. The molecule has 0 aliphatic heterocycles.